The van der Waals surface area contributed by atoms with Gasteiger partial charge < -0.3 is 10.1 Å². The van der Waals surface area contributed by atoms with E-state index in [2.05, 4.69) is 42.6 Å². The van der Waals surface area contributed by atoms with E-state index in [0.29, 0.717) is 6.04 Å². The minimum Gasteiger partial charge on any atom is -0.494 e. The SMILES string of the molecule is CCCNC(CC1=CCCCC1)c1ccc(OCC)cc1. The van der Waals surface area contributed by atoms with E-state index in [1.54, 1.807) is 5.57 Å². The van der Waals surface area contributed by atoms with Gasteiger partial charge in [0.05, 0.1) is 6.61 Å². The summed E-state index contributed by atoms with van der Waals surface area (Å²) in [5, 5.41) is 3.70. The van der Waals surface area contributed by atoms with Gasteiger partial charge in [-0.1, -0.05) is 30.7 Å². The molecule has 1 unspecified atom stereocenters. The summed E-state index contributed by atoms with van der Waals surface area (Å²) in [6.07, 6.45) is 10.0. The van der Waals surface area contributed by atoms with Gasteiger partial charge in [0, 0.05) is 6.04 Å². The van der Waals surface area contributed by atoms with E-state index in [1.807, 2.05) is 6.92 Å². The van der Waals surface area contributed by atoms with Crippen LogP contribution in [0.2, 0.25) is 0 Å². The standard InChI is InChI=1S/C19H29NO/c1-3-14-20-19(15-16-8-6-5-7-9-16)17-10-12-18(13-11-17)21-4-2/h8,10-13,19-20H,3-7,9,14-15H2,1-2H3. The summed E-state index contributed by atoms with van der Waals surface area (Å²) < 4.78 is 5.54. The van der Waals surface area contributed by atoms with Gasteiger partial charge in [-0.15, -0.1) is 0 Å². The van der Waals surface area contributed by atoms with Gasteiger partial charge in [0.15, 0.2) is 0 Å². The van der Waals surface area contributed by atoms with E-state index in [4.69, 9.17) is 4.74 Å². The smallest absolute Gasteiger partial charge is 0.119 e. The second-order valence-corrected chi connectivity index (χ2v) is 5.82. The van der Waals surface area contributed by atoms with Crippen LogP contribution in [0.15, 0.2) is 35.9 Å². The summed E-state index contributed by atoms with van der Waals surface area (Å²) in [5.41, 5.74) is 3.00. The molecule has 2 nitrogen and oxygen atoms in total. The molecule has 1 aromatic rings. The summed E-state index contributed by atoms with van der Waals surface area (Å²) in [5.74, 6) is 0.965. The Bertz CT molecular complexity index is 435. The van der Waals surface area contributed by atoms with Crippen molar-refractivity contribution in [1.29, 1.82) is 0 Å². The molecule has 0 fully saturated rings. The first-order valence-electron chi connectivity index (χ1n) is 8.47. The van der Waals surface area contributed by atoms with E-state index < -0.39 is 0 Å². The Hall–Kier alpha value is -1.28. The van der Waals surface area contributed by atoms with E-state index in [-0.39, 0.29) is 0 Å². The Kier molecular flexibility index (Phi) is 6.81. The third-order valence-electron chi connectivity index (χ3n) is 4.09. The van der Waals surface area contributed by atoms with Crippen LogP contribution in [0.25, 0.3) is 0 Å². The molecule has 1 aliphatic carbocycles. The lowest BCUT2D eigenvalue weighted by Gasteiger charge is -2.22. The Labute approximate surface area is 129 Å². The van der Waals surface area contributed by atoms with Crippen LogP contribution in [0.1, 0.15) is 64.0 Å². The molecular formula is C19H29NO. The Morgan fingerprint density at radius 2 is 1.95 bits per heavy atom. The maximum atomic E-state index is 5.54. The maximum absolute atomic E-state index is 5.54. The van der Waals surface area contributed by atoms with E-state index in [1.165, 1.54) is 37.7 Å². The molecule has 0 aromatic heterocycles. The lowest BCUT2D eigenvalue weighted by atomic mass is 9.91. The average molecular weight is 287 g/mol. The zero-order chi connectivity index (χ0) is 14.9. The maximum Gasteiger partial charge on any atom is 0.119 e. The normalized spacial score (nSPS) is 16.4. The average Bonchev–Trinajstić information content (AvgIpc) is 2.53. The molecule has 0 heterocycles. The molecule has 1 atom stereocenters. The molecule has 0 spiro atoms. The topological polar surface area (TPSA) is 21.3 Å². The number of allylic oxidation sites excluding steroid dienone is 1. The molecule has 0 bridgehead atoms. The first-order chi connectivity index (χ1) is 10.3. The minimum atomic E-state index is 0.435. The quantitative estimate of drug-likeness (QED) is 0.678. The fraction of sp³-hybridized carbons (Fsp3) is 0.579. The van der Waals surface area contributed by atoms with Gasteiger partial charge in [-0.25, -0.2) is 0 Å². The van der Waals surface area contributed by atoms with E-state index in [0.717, 1.165) is 25.3 Å². The molecule has 1 N–H and O–H groups in total. The highest BCUT2D eigenvalue weighted by molar-refractivity contribution is 5.30. The van der Waals surface area contributed by atoms with Gasteiger partial charge in [0.2, 0.25) is 0 Å². The molecular weight excluding hydrogens is 258 g/mol. The van der Waals surface area contributed by atoms with Crippen molar-refractivity contribution in [1.82, 2.24) is 5.32 Å². The zero-order valence-electron chi connectivity index (χ0n) is 13.5. The Balaban J connectivity index is 2.04. The van der Waals surface area contributed by atoms with Crippen LogP contribution in [0.5, 0.6) is 5.75 Å². The number of hydrogen-bond acceptors (Lipinski definition) is 2. The van der Waals surface area contributed by atoms with Crippen molar-refractivity contribution < 1.29 is 4.74 Å². The third kappa shape index (κ3) is 5.20. The summed E-state index contributed by atoms with van der Waals surface area (Å²) in [6.45, 7) is 6.05. The van der Waals surface area contributed by atoms with Crippen molar-refractivity contribution in [2.45, 2.75) is 58.4 Å². The highest BCUT2D eigenvalue weighted by atomic mass is 16.5. The fourth-order valence-corrected chi connectivity index (χ4v) is 2.94. The van der Waals surface area contributed by atoms with Gasteiger partial charge in [-0.05, 0) is 69.7 Å². The van der Waals surface area contributed by atoms with Gasteiger partial charge >= 0.3 is 0 Å². The molecule has 2 heteroatoms. The second-order valence-electron chi connectivity index (χ2n) is 5.82. The lowest BCUT2D eigenvalue weighted by molar-refractivity contribution is 0.340. The molecule has 0 saturated carbocycles. The van der Waals surface area contributed by atoms with Gasteiger partial charge in [-0.2, -0.15) is 0 Å². The fourth-order valence-electron chi connectivity index (χ4n) is 2.94. The predicted octanol–water partition coefficient (Wildman–Crippen LogP) is 5.02. The third-order valence-corrected chi connectivity index (χ3v) is 4.09. The number of hydrogen-bond donors (Lipinski definition) is 1. The van der Waals surface area contributed by atoms with Crippen molar-refractivity contribution in [3.63, 3.8) is 0 Å². The highest BCUT2D eigenvalue weighted by Gasteiger charge is 2.14. The molecule has 0 radical (unpaired) electrons. The summed E-state index contributed by atoms with van der Waals surface area (Å²) in [7, 11) is 0. The molecule has 116 valence electrons. The molecule has 0 amide bonds. The van der Waals surface area contributed by atoms with Crippen LogP contribution in [-0.2, 0) is 0 Å². The highest BCUT2D eigenvalue weighted by Crippen LogP contribution is 2.28. The van der Waals surface area contributed by atoms with Crippen LogP contribution in [-0.4, -0.2) is 13.2 Å². The van der Waals surface area contributed by atoms with Crippen LogP contribution in [0.4, 0.5) is 0 Å². The minimum absolute atomic E-state index is 0.435. The Morgan fingerprint density at radius 3 is 2.57 bits per heavy atom. The monoisotopic (exact) mass is 287 g/mol. The first-order valence-corrected chi connectivity index (χ1v) is 8.47. The van der Waals surface area contributed by atoms with Crippen LogP contribution < -0.4 is 10.1 Å². The summed E-state index contributed by atoms with van der Waals surface area (Å²) in [4.78, 5) is 0. The van der Waals surface area contributed by atoms with Crippen molar-refractivity contribution in [3.8, 4) is 5.75 Å². The second kappa shape index (κ2) is 8.89. The summed E-state index contributed by atoms with van der Waals surface area (Å²) in [6, 6.07) is 9.04. The molecule has 0 aliphatic heterocycles. The van der Waals surface area contributed by atoms with Gasteiger partial charge in [-0.3, -0.25) is 0 Å². The number of ether oxygens (including phenoxy) is 1. The van der Waals surface area contributed by atoms with Crippen molar-refractivity contribution >= 4 is 0 Å². The van der Waals surface area contributed by atoms with Crippen LogP contribution in [0.3, 0.4) is 0 Å². The van der Waals surface area contributed by atoms with Crippen LogP contribution >= 0.6 is 0 Å². The molecule has 2 rings (SSSR count). The predicted molar refractivity (Wildman–Crippen MR) is 89.8 cm³/mol. The Morgan fingerprint density at radius 1 is 1.14 bits per heavy atom. The van der Waals surface area contributed by atoms with Crippen molar-refractivity contribution in [2.24, 2.45) is 0 Å². The number of benzene rings is 1. The summed E-state index contributed by atoms with van der Waals surface area (Å²) >= 11 is 0. The molecule has 0 saturated heterocycles. The first kappa shape index (κ1) is 16.1. The van der Waals surface area contributed by atoms with Crippen molar-refractivity contribution in [3.05, 3.63) is 41.5 Å². The number of rotatable bonds is 8. The zero-order valence-corrected chi connectivity index (χ0v) is 13.5. The van der Waals surface area contributed by atoms with Gasteiger partial charge in [0.1, 0.15) is 5.75 Å². The van der Waals surface area contributed by atoms with E-state index in [9.17, 15) is 0 Å². The molecule has 1 aromatic carbocycles. The number of nitrogens with one attached hydrogen (secondary N) is 1. The largest absolute Gasteiger partial charge is 0.494 e. The van der Waals surface area contributed by atoms with Gasteiger partial charge in [0.25, 0.3) is 0 Å². The lowest BCUT2D eigenvalue weighted by Crippen LogP contribution is -2.23. The van der Waals surface area contributed by atoms with Crippen molar-refractivity contribution in [2.75, 3.05) is 13.2 Å². The van der Waals surface area contributed by atoms with Crippen LogP contribution in [0, 0.1) is 0 Å². The molecule has 21 heavy (non-hydrogen) atoms. The molecule has 1 aliphatic rings. The van der Waals surface area contributed by atoms with E-state index >= 15 is 0 Å².